The Morgan fingerprint density at radius 3 is 2.50 bits per heavy atom. The highest BCUT2D eigenvalue weighted by Crippen LogP contribution is 2.31. The average Bonchev–Trinajstić information content (AvgIpc) is 2.55. The maximum atomic E-state index is 12.5. The Morgan fingerprint density at radius 2 is 1.88 bits per heavy atom. The van der Waals surface area contributed by atoms with E-state index in [2.05, 4.69) is 5.10 Å². The summed E-state index contributed by atoms with van der Waals surface area (Å²) in [6.45, 7) is 4.05. The Kier molecular flexibility index (Phi) is 4.53. The molecule has 0 aliphatic heterocycles. The van der Waals surface area contributed by atoms with E-state index in [1.54, 1.807) is 19.1 Å². The van der Waals surface area contributed by atoms with Crippen molar-refractivity contribution in [3.8, 4) is 11.3 Å². The normalized spacial score (nSPS) is 14.5. The Bertz CT molecular complexity index is 965. The average molecular weight is 367 g/mol. The molecule has 0 N–H and O–H groups in total. The summed E-state index contributed by atoms with van der Waals surface area (Å²) in [6.07, 6.45) is 3.53. The molecule has 0 saturated heterocycles. The number of benzene rings is 1. The number of rotatable bonds is 3. The van der Waals surface area contributed by atoms with Crippen molar-refractivity contribution in [2.45, 2.75) is 51.0 Å². The molecular formula is C17H19ClN2O3S. The molecule has 1 aliphatic rings. The van der Waals surface area contributed by atoms with Crippen LogP contribution in [-0.4, -0.2) is 18.2 Å². The lowest BCUT2D eigenvalue weighted by Gasteiger charge is -2.20. The van der Waals surface area contributed by atoms with Gasteiger partial charge in [-0.1, -0.05) is 12.1 Å². The summed E-state index contributed by atoms with van der Waals surface area (Å²) in [5.41, 5.74) is 3.68. The number of nitrogens with zero attached hydrogens (tertiary/aromatic N) is 2. The molecule has 5 nitrogen and oxygen atoms in total. The highest BCUT2D eigenvalue weighted by atomic mass is 35.7. The summed E-state index contributed by atoms with van der Waals surface area (Å²) < 4.78 is 25.0. The largest absolute Gasteiger partial charge is 0.270 e. The Morgan fingerprint density at radius 1 is 1.21 bits per heavy atom. The minimum Gasteiger partial charge on any atom is -0.267 e. The zero-order chi connectivity index (χ0) is 17.5. The predicted molar refractivity (Wildman–Crippen MR) is 94.0 cm³/mol. The number of aryl methyl sites for hydroxylation is 2. The van der Waals surface area contributed by atoms with Crippen LogP contribution >= 0.6 is 10.7 Å². The van der Waals surface area contributed by atoms with Gasteiger partial charge in [-0.3, -0.25) is 4.79 Å². The molecule has 1 aromatic carbocycles. The van der Waals surface area contributed by atoms with Gasteiger partial charge in [-0.2, -0.15) is 5.10 Å². The SMILES string of the molecule is CCn1nc(-c2ccc(C)c(S(=O)(=O)Cl)c2)c2c(c1=O)CCCC2. The number of hydrogen-bond acceptors (Lipinski definition) is 4. The number of hydrogen-bond donors (Lipinski definition) is 0. The molecule has 2 aromatic rings. The van der Waals surface area contributed by atoms with Gasteiger partial charge in [-0.15, -0.1) is 0 Å². The van der Waals surface area contributed by atoms with E-state index in [1.165, 1.54) is 4.68 Å². The summed E-state index contributed by atoms with van der Waals surface area (Å²) in [6, 6.07) is 5.12. The monoisotopic (exact) mass is 366 g/mol. The third kappa shape index (κ3) is 3.00. The Balaban J connectivity index is 2.29. The quantitative estimate of drug-likeness (QED) is 0.783. The number of aromatic nitrogens is 2. The van der Waals surface area contributed by atoms with Crippen LogP contribution in [0.1, 0.15) is 36.5 Å². The predicted octanol–water partition coefficient (Wildman–Crippen LogP) is 3.04. The van der Waals surface area contributed by atoms with Crippen LogP contribution in [0.2, 0.25) is 0 Å². The summed E-state index contributed by atoms with van der Waals surface area (Å²) in [4.78, 5) is 12.6. The van der Waals surface area contributed by atoms with Gasteiger partial charge < -0.3 is 0 Å². The Labute approximate surface area is 145 Å². The lowest BCUT2D eigenvalue weighted by Crippen LogP contribution is -2.30. The van der Waals surface area contributed by atoms with Crippen molar-refractivity contribution in [2.75, 3.05) is 0 Å². The van der Waals surface area contributed by atoms with E-state index in [1.807, 2.05) is 13.0 Å². The molecule has 3 rings (SSSR count). The van der Waals surface area contributed by atoms with Crippen molar-refractivity contribution in [3.63, 3.8) is 0 Å². The molecule has 0 radical (unpaired) electrons. The van der Waals surface area contributed by atoms with Gasteiger partial charge in [0.05, 0.1) is 10.6 Å². The van der Waals surface area contributed by atoms with Crippen molar-refractivity contribution in [1.82, 2.24) is 9.78 Å². The van der Waals surface area contributed by atoms with Gasteiger partial charge in [0.15, 0.2) is 0 Å². The fourth-order valence-electron chi connectivity index (χ4n) is 3.24. The molecular weight excluding hydrogens is 348 g/mol. The first kappa shape index (κ1) is 17.2. The molecule has 1 heterocycles. The summed E-state index contributed by atoms with van der Waals surface area (Å²) in [7, 11) is 1.71. The van der Waals surface area contributed by atoms with Gasteiger partial charge in [0.25, 0.3) is 14.6 Å². The van der Waals surface area contributed by atoms with Crippen molar-refractivity contribution in [2.24, 2.45) is 0 Å². The van der Waals surface area contributed by atoms with Crippen LogP contribution in [0, 0.1) is 6.92 Å². The maximum absolute atomic E-state index is 12.5. The molecule has 1 aliphatic carbocycles. The van der Waals surface area contributed by atoms with E-state index in [9.17, 15) is 13.2 Å². The van der Waals surface area contributed by atoms with Crippen molar-refractivity contribution < 1.29 is 8.42 Å². The third-order valence-corrected chi connectivity index (χ3v) is 5.95. The van der Waals surface area contributed by atoms with Crippen LogP contribution in [0.15, 0.2) is 27.9 Å². The van der Waals surface area contributed by atoms with E-state index >= 15 is 0 Å². The molecule has 0 amide bonds. The highest BCUT2D eigenvalue weighted by molar-refractivity contribution is 8.13. The second kappa shape index (κ2) is 6.33. The van der Waals surface area contributed by atoms with Crippen molar-refractivity contribution in [3.05, 3.63) is 45.2 Å². The summed E-state index contributed by atoms with van der Waals surface area (Å²) in [5, 5.41) is 4.49. The first-order chi connectivity index (χ1) is 11.3. The fourth-order valence-corrected chi connectivity index (χ4v) is 4.46. The summed E-state index contributed by atoms with van der Waals surface area (Å²) in [5.74, 6) is 0. The van der Waals surface area contributed by atoms with Crippen LogP contribution in [0.5, 0.6) is 0 Å². The Hall–Kier alpha value is -1.66. The maximum Gasteiger partial charge on any atom is 0.270 e. The van der Waals surface area contributed by atoms with E-state index in [4.69, 9.17) is 10.7 Å². The molecule has 0 atom stereocenters. The highest BCUT2D eigenvalue weighted by Gasteiger charge is 2.22. The van der Waals surface area contributed by atoms with E-state index in [0.717, 1.165) is 36.8 Å². The molecule has 24 heavy (non-hydrogen) atoms. The smallest absolute Gasteiger partial charge is 0.267 e. The number of halogens is 1. The zero-order valence-corrected chi connectivity index (χ0v) is 15.2. The van der Waals surface area contributed by atoms with Gasteiger partial charge in [0, 0.05) is 28.4 Å². The van der Waals surface area contributed by atoms with Crippen LogP contribution in [0.25, 0.3) is 11.3 Å². The first-order valence-corrected chi connectivity index (χ1v) is 10.3. The summed E-state index contributed by atoms with van der Waals surface area (Å²) >= 11 is 0. The van der Waals surface area contributed by atoms with Gasteiger partial charge in [-0.05, 0) is 56.7 Å². The molecule has 128 valence electrons. The molecule has 0 saturated carbocycles. The second-order valence-electron chi connectivity index (χ2n) is 6.05. The van der Waals surface area contributed by atoms with Crippen LogP contribution in [-0.2, 0) is 28.4 Å². The van der Waals surface area contributed by atoms with Crippen LogP contribution in [0.3, 0.4) is 0 Å². The molecule has 0 spiro atoms. The lowest BCUT2D eigenvalue weighted by molar-refractivity contribution is 0.581. The minimum atomic E-state index is -3.83. The van der Waals surface area contributed by atoms with E-state index in [0.29, 0.717) is 23.4 Å². The minimum absolute atomic E-state index is 0.0340. The van der Waals surface area contributed by atoms with Crippen LogP contribution in [0.4, 0.5) is 0 Å². The van der Waals surface area contributed by atoms with Gasteiger partial charge in [-0.25, -0.2) is 13.1 Å². The topological polar surface area (TPSA) is 69.0 Å². The number of fused-ring (bicyclic) bond motifs is 1. The fraction of sp³-hybridized carbons (Fsp3) is 0.412. The standard InChI is InChI=1S/C17H19ClN2O3S/c1-3-20-17(21)14-7-5-4-6-13(14)16(19-20)12-9-8-11(2)15(10-12)24(18,22)23/h8-10H,3-7H2,1-2H3. The molecule has 1 aromatic heterocycles. The van der Waals surface area contributed by atoms with Gasteiger partial charge >= 0.3 is 0 Å². The third-order valence-electron chi connectivity index (χ3n) is 4.49. The van der Waals surface area contributed by atoms with Crippen molar-refractivity contribution in [1.29, 1.82) is 0 Å². The van der Waals surface area contributed by atoms with E-state index < -0.39 is 9.05 Å². The first-order valence-electron chi connectivity index (χ1n) is 8.01. The van der Waals surface area contributed by atoms with Crippen molar-refractivity contribution >= 4 is 19.7 Å². The lowest BCUT2D eigenvalue weighted by atomic mass is 9.89. The van der Waals surface area contributed by atoms with Gasteiger partial charge in [0.2, 0.25) is 0 Å². The van der Waals surface area contributed by atoms with Crippen LogP contribution < -0.4 is 5.56 Å². The van der Waals surface area contributed by atoms with E-state index in [-0.39, 0.29) is 10.5 Å². The zero-order valence-electron chi connectivity index (χ0n) is 13.7. The van der Waals surface area contributed by atoms with Gasteiger partial charge in [0.1, 0.15) is 0 Å². The molecule has 0 bridgehead atoms. The second-order valence-corrected chi connectivity index (χ2v) is 8.59. The molecule has 0 unspecified atom stereocenters. The molecule has 0 fully saturated rings. The molecule has 7 heteroatoms.